The van der Waals surface area contributed by atoms with Crippen LogP contribution in [-0.2, 0) is 5.41 Å². The van der Waals surface area contributed by atoms with Gasteiger partial charge in [0.2, 0.25) is 0 Å². The van der Waals surface area contributed by atoms with E-state index in [2.05, 4.69) is 79.1 Å². The number of hydrogen-bond donors (Lipinski definition) is 0. The first-order valence-electron chi connectivity index (χ1n) is 13.3. The first-order chi connectivity index (χ1) is 19.1. The minimum atomic E-state index is -0.178. The van der Waals surface area contributed by atoms with Crippen LogP contribution in [0.4, 0.5) is 0 Å². The van der Waals surface area contributed by atoms with Crippen molar-refractivity contribution in [3.63, 3.8) is 0 Å². The third-order valence-corrected chi connectivity index (χ3v) is 8.63. The molecule has 0 N–H and O–H groups in total. The van der Waals surface area contributed by atoms with Crippen LogP contribution in [0.2, 0.25) is 0 Å². The maximum Gasteiger partial charge on any atom is 0.156 e. The highest BCUT2D eigenvalue weighted by Gasteiger charge is 2.37. The van der Waals surface area contributed by atoms with E-state index in [9.17, 15) is 0 Å². The third kappa shape index (κ3) is 2.68. The van der Waals surface area contributed by atoms with Crippen molar-refractivity contribution in [2.24, 2.45) is 0 Å². The molecule has 0 amide bonds. The van der Waals surface area contributed by atoms with Crippen LogP contribution in [0.3, 0.4) is 0 Å². The number of nitrogens with zero attached hydrogens (tertiary/aromatic N) is 3. The molecule has 0 saturated carbocycles. The summed E-state index contributed by atoms with van der Waals surface area (Å²) in [5, 5.41) is 4.77. The Bertz CT molecular complexity index is 2320. The van der Waals surface area contributed by atoms with Crippen LogP contribution in [0.25, 0.3) is 71.7 Å². The molecule has 0 unspecified atom stereocenters. The molecule has 0 fully saturated rings. The Morgan fingerprint density at radius 2 is 1.31 bits per heavy atom. The van der Waals surface area contributed by atoms with E-state index in [0.29, 0.717) is 0 Å². The van der Waals surface area contributed by atoms with E-state index in [4.69, 9.17) is 14.4 Å². The number of benzene rings is 5. The van der Waals surface area contributed by atoms with Crippen molar-refractivity contribution in [3.8, 4) is 16.9 Å². The average molecular weight is 502 g/mol. The zero-order chi connectivity index (χ0) is 25.9. The zero-order valence-electron chi connectivity index (χ0n) is 21.6. The molecule has 0 saturated heterocycles. The molecule has 0 atom stereocenters. The first kappa shape index (κ1) is 21.0. The largest absolute Gasteiger partial charge is 0.456 e. The van der Waals surface area contributed by atoms with Crippen LogP contribution in [0.15, 0.2) is 108 Å². The van der Waals surface area contributed by atoms with Gasteiger partial charge in [0.05, 0.1) is 28.3 Å². The molecule has 4 nitrogen and oxygen atoms in total. The normalized spacial score (nSPS) is 14.1. The molecule has 0 aliphatic heterocycles. The van der Waals surface area contributed by atoms with Gasteiger partial charge in [-0.25, -0.2) is 4.98 Å². The number of fused-ring (bicyclic) bond motifs is 10. The fraction of sp³-hybridized carbons (Fsp3) is 0.0857. The molecule has 0 radical (unpaired) electrons. The number of hydrogen-bond acceptors (Lipinski definition) is 3. The second-order valence-corrected chi connectivity index (χ2v) is 11.1. The summed E-state index contributed by atoms with van der Waals surface area (Å²) in [5.74, 6) is 0.831. The summed E-state index contributed by atoms with van der Waals surface area (Å²) < 4.78 is 8.55. The first-order valence-corrected chi connectivity index (χ1v) is 13.3. The molecule has 5 aromatic carbocycles. The Morgan fingerprint density at radius 3 is 2.18 bits per heavy atom. The highest BCUT2D eigenvalue weighted by molar-refractivity contribution is 6.13. The molecule has 9 rings (SSSR count). The van der Waals surface area contributed by atoms with E-state index >= 15 is 0 Å². The highest BCUT2D eigenvalue weighted by atomic mass is 16.3. The predicted molar refractivity (Wildman–Crippen MR) is 159 cm³/mol. The average Bonchev–Trinajstić information content (AvgIpc) is 3.56. The monoisotopic (exact) mass is 501 g/mol. The summed E-state index contributed by atoms with van der Waals surface area (Å²) in [7, 11) is 0. The minimum Gasteiger partial charge on any atom is -0.456 e. The molecule has 1 aliphatic rings. The molecule has 39 heavy (non-hydrogen) atoms. The van der Waals surface area contributed by atoms with Crippen molar-refractivity contribution in [2.75, 3.05) is 0 Å². The van der Waals surface area contributed by atoms with Gasteiger partial charge in [-0.3, -0.25) is 9.55 Å². The van der Waals surface area contributed by atoms with Crippen LogP contribution in [0.5, 0.6) is 0 Å². The van der Waals surface area contributed by atoms with Gasteiger partial charge >= 0.3 is 0 Å². The van der Waals surface area contributed by atoms with Gasteiger partial charge in [0.25, 0.3) is 0 Å². The van der Waals surface area contributed by atoms with Gasteiger partial charge in [0, 0.05) is 27.0 Å². The second kappa shape index (κ2) is 7.12. The van der Waals surface area contributed by atoms with E-state index in [1.165, 1.54) is 38.4 Å². The Hall–Kier alpha value is -4.96. The Balaban J connectivity index is 1.37. The summed E-state index contributed by atoms with van der Waals surface area (Å²) in [6.07, 6.45) is 1.89. The van der Waals surface area contributed by atoms with Gasteiger partial charge < -0.3 is 4.42 Å². The highest BCUT2D eigenvalue weighted by Crippen LogP contribution is 2.52. The fourth-order valence-corrected chi connectivity index (χ4v) is 6.71. The second-order valence-electron chi connectivity index (χ2n) is 11.1. The van der Waals surface area contributed by atoms with Crippen molar-refractivity contribution >= 4 is 54.8 Å². The summed E-state index contributed by atoms with van der Waals surface area (Å²) >= 11 is 0. The molecule has 3 heterocycles. The standard InChI is InChI=1S/C35H23N3O/c1-35(2)26-17-31-24(15-22(26)23-16-25-21-10-4-8-14-32(21)39-33(25)18-27(23)35)20-9-3-7-13-30(20)38(31)34-19-36-28-11-5-6-12-29(28)37-34/h3-19H,1-2H3. The van der Waals surface area contributed by atoms with Crippen molar-refractivity contribution in [3.05, 3.63) is 114 Å². The molecular formula is C35H23N3O. The Kier molecular flexibility index (Phi) is 3.84. The molecule has 3 aromatic heterocycles. The number of para-hydroxylation sites is 4. The number of furan rings is 1. The van der Waals surface area contributed by atoms with E-state index < -0.39 is 0 Å². The van der Waals surface area contributed by atoms with Gasteiger partial charge in [0.1, 0.15) is 11.2 Å². The molecule has 0 spiro atoms. The summed E-state index contributed by atoms with van der Waals surface area (Å²) in [5.41, 5.74) is 11.0. The smallest absolute Gasteiger partial charge is 0.156 e. The van der Waals surface area contributed by atoms with Crippen LogP contribution in [0.1, 0.15) is 25.0 Å². The number of rotatable bonds is 1. The van der Waals surface area contributed by atoms with Gasteiger partial charge in [-0.15, -0.1) is 0 Å². The minimum absolute atomic E-state index is 0.178. The maximum absolute atomic E-state index is 6.28. The van der Waals surface area contributed by atoms with E-state index in [-0.39, 0.29) is 5.41 Å². The fourth-order valence-electron chi connectivity index (χ4n) is 6.71. The Labute approximate surface area is 224 Å². The maximum atomic E-state index is 6.28. The summed E-state index contributed by atoms with van der Waals surface area (Å²) in [6, 6.07) is 34.3. The topological polar surface area (TPSA) is 43.9 Å². The van der Waals surface area contributed by atoms with Gasteiger partial charge in [0.15, 0.2) is 5.82 Å². The van der Waals surface area contributed by atoms with Crippen LogP contribution < -0.4 is 0 Å². The predicted octanol–water partition coefficient (Wildman–Crippen LogP) is 8.93. The molecule has 4 heteroatoms. The number of aromatic nitrogens is 3. The van der Waals surface area contributed by atoms with Crippen molar-refractivity contribution in [2.45, 2.75) is 19.3 Å². The lowest BCUT2D eigenvalue weighted by Gasteiger charge is -2.21. The van der Waals surface area contributed by atoms with Crippen LogP contribution in [-0.4, -0.2) is 14.5 Å². The summed E-state index contributed by atoms with van der Waals surface area (Å²) in [4.78, 5) is 9.78. The SMILES string of the molecule is CC1(C)c2cc3oc4ccccc4c3cc2-c2cc3c4ccccc4n(-c4cnc5ccccc5n4)c3cc21. The van der Waals surface area contributed by atoms with Gasteiger partial charge in [-0.05, 0) is 70.8 Å². The van der Waals surface area contributed by atoms with Crippen molar-refractivity contribution < 1.29 is 4.42 Å². The van der Waals surface area contributed by atoms with Crippen LogP contribution in [0, 0.1) is 0 Å². The van der Waals surface area contributed by atoms with Gasteiger partial charge in [-0.2, -0.15) is 0 Å². The molecular weight excluding hydrogens is 478 g/mol. The van der Waals surface area contributed by atoms with E-state index in [1.54, 1.807) is 0 Å². The lowest BCUT2D eigenvalue weighted by Crippen LogP contribution is -2.15. The van der Waals surface area contributed by atoms with E-state index in [1.807, 2.05) is 42.6 Å². The van der Waals surface area contributed by atoms with Gasteiger partial charge in [-0.1, -0.05) is 62.4 Å². The third-order valence-electron chi connectivity index (χ3n) is 8.63. The lowest BCUT2D eigenvalue weighted by molar-refractivity contribution is 0.647. The Morgan fingerprint density at radius 1 is 0.615 bits per heavy atom. The molecule has 184 valence electrons. The molecule has 8 aromatic rings. The quantitative estimate of drug-likeness (QED) is 0.225. The van der Waals surface area contributed by atoms with Crippen molar-refractivity contribution in [1.29, 1.82) is 0 Å². The lowest BCUT2D eigenvalue weighted by atomic mass is 9.82. The van der Waals surface area contributed by atoms with Crippen LogP contribution >= 0.6 is 0 Å². The zero-order valence-corrected chi connectivity index (χ0v) is 21.6. The van der Waals surface area contributed by atoms with Crippen molar-refractivity contribution in [1.82, 2.24) is 14.5 Å². The molecule has 1 aliphatic carbocycles. The van der Waals surface area contributed by atoms with E-state index in [0.717, 1.165) is 44.4 Å². The molecule has 0 bridgehead atoms. The summed E-state index contributed by atoms with van der Waals surface area (Å²) in [6.45, 7) is 4.64.